The lowest BCUT2D eigenvalue weighted by molar-refractivity contribution is 0.163. The number of fused-ring (bicyclic) bond motifs is 5. The molecule has 0 radical (unpaired) electrons. The van der Waals surface area contributed by atoms with Crippen LogP contribution in [0.4, 0.5) is 5.69 Å². The zero-order chi connectivity index (χ0) is 39.7. The van der Waals surface area contributed by atoms with Crippen LogP contribution in [0.1, 0.15) is 57.2 Å². The van der Waals surface area contributed by atoms with E-state index in [1.54, 1.807) is 0 Å². The van der Waals surface area contributed by atoms with Crippen LogP contribution in [0, 0.1) is 0 Å². The minimum Gasteiger partial charge on any atom is -0.491 e. The monoisotopic (exact) mass is 779 g/mol. The summed E-state index contributed by atoms with van der Waals surface area (Å²) in [4.78, 5) is 5.24. The number of ether oxygens (including phenoxy) is 1. The molecule has 0 fully saturated rings. The van der Waals surface area contributed by atoms with Crippen molar-refractivity contribution in [1.29, 1.82) is 0 Å². The molecule has 10 rings (SSSR count). The molecule has 5 aromatic rings. The van der Waals surface area contributed by atoms with Gasteiger partial charge in [-0.05, 0) is 116 Å². The first kappa shape index (κ1) is 36.8. The van der Waals surface area contributed by atoms with Gasteiger partial charge in [-0.25, -0.2) is 0 Å². The first-order chi connectivity index (χ1) is 29.1. The average molecular weight is 780 g/mol. The molecular formula is C56H45NOS. The molecule has 0 saturated heterocycles. The zero-order valence-corrected chi connectivity index (χ0v) is 33.8. The molecule has 3 heteroatoms. The van der Waals surface area contributed by atoms with Gasteiger partial charge in [-0.1, -0.05) is 177 Å². The molecule has 5 aliphatic rings. The summed E-state index contributed by atoms with van der Waals surface area (Å²) in [7, 11) is 0. The zero-order valence-electron chi connectivity index (χ0n) is 33.0. The summed E-state index contributed by atoms with van der Waals surface area (Å²) in [5.74, 6) is 0.659. The van der Waals surface area contributed by atoms with Gasteiger partial charge in [0.05, 0.1) is 12.3 Å². The molecule has 2 heterocycles. The van der Waals surface area contributed by atoms with E-state index in [4.69, 9.17) is 4.74 Å². The molecule has 286 valence electrons. The van der Waals surface area contributed by atoms with Gasteiger partial charge in [0.1, 0.15) is 6.10 Å². The van der Waals surface area contributed by atoms with Crippen molar-refractivity contribution in [3.63, 3.8) is 0 Å². The van der Waals surface area contributed by atoms with E-state index in [0.717, 1.165) is 35.2 Å². The van der Waals surface area contributed by atoms with Gasteiger partial charge >= 0.3 is 0 Å². The summed E-state index contributed by atoms with van der Waals surface area (Å²) in [5.41, 5.74) is 15.8. The first-order valence-corrected chi connectivity index (χ1v) is 21.4. The summed E-state index contributed by atoms with van der Waals surface area (Å²) in [6.45, 7) is 8.65. The Morgan fingerprint density at radius 2 is 1.58 bits per heavy atom. The minimum absolute atomic E-state index is 0.0778. The number of hydrogen-bond donors (Lipinski definition) is 0. The van der Waals surface area contributed by atoms with E-state index in [-0.39, 0.29) is 12.1 Å². The van der Waals surface area contributed by atoms with Gasteiger partial charge in [0.2, 0.25) is 0 Å². The van der Waals surface area contributed by atoms with Gasteiger partial charge in [-0.3, -0.25) is 0 Å². The Balaban J connectivity index is 0.949. The van der Waals surface area contributed by atoms with Gasteiger partial charge in [-0.2, -0.15) is 0 Å². The molecule has 0 amide bonds. The maximum absolute atomic E-state index is 6.53. The molecule has 3 aliphatic carbocycles. The van der Waals surface area contributed by atoms with Crippen LogP contribution >= 0.6 is 11.8 Å². The van der Waals surface area contributed by atoms with E-state index in [9.17, 15) is 0 Å². The Labute approximate surface area is 352 Å². The lowest BCUT2D eigenvalue weighted by Gasteiger charge is -2.41. The predicted molar refractivity (Wildman–Crippen MR) is 251 cm³/mol. The summed E-state index contributed by atoms with van der Waals surface area (Å²) < 4.78 is 6.53. The van der Waals surface area contributed by atoms with E-state index in [1.165, 1.54) is 60.0 Å². The highest BCUT2D eigenvalue weighted by Gasteiger charge is 2.36. The molecular weight excluding hydrogens is 735 g/mol. The molecule has 5 aromatic carbocycles. The summed E-state index contributed by atoms with van der Waals surface area (Å²) in [6, 6.07) is 41.8. The average Bonchev–Trinajstić information content (AvgIpc) is 3.63. The van der Waals surface area contributed by atoms with E-state index < -0.39 is 0 Å². The van der Waals surface area contributed by atoms with Crippen molar-refractivity contribution in [2.24, 2.45) is 0 Å². The maximum Gasteiger partial charge on any atom is 0.148 e. The molecule has 2 aliphatic heterocycles. The van der Waals surface area contributed by atoms with Crippen LogP contribution < -0.4 is 4.90 Å². The standard InChI is InChI=1S/C56H45NOS/c1-3-40-34-51-52-35-47-33-49(31-28-46(47)37-55(52)59-54(51)36-45(40)25-22-39-20-23-43(24-21-39)41-14-6-4-7-15-41)57(48-29-26-44(27-30-48)42-16-8-5-9-17-42)53-19-12-18-50-38(2)13-10-11-32-58-56(50)53/h3-26,28-34,36-37,44,52-53,56H,1-2,27,35H2/b13-10-,25-22-,32-11-. The number of thioether (sulfide) groups is 1. The second-order valence-corrected chi connectivity index (χ2v) is 16.8. The van der Waals surface area contributed by atoms with E-state index in [0.29, 0.717) is 11.8 Å². The Morgan fingerprint density at radius 1 is 0.763 bits per heavy atom. The van der Waals surface area contributed by atoms with Crippen LogP contribution in [-0.2, 0) is 11.2 Å². The highest BCUT2D eigenvalue weighted by atomic mass is 32.2. The van der Waals surface area contributed by atoms with Crippen LogP contribution in [0.15, 0.2) is 216 Å². The lowest BCUT2D eigenvalue weighted by atomic mass is 9.83. The first-order valence-electron chi connectivity index (χ1n) is 20.5. The molecule has 0 aromatic heterocycles. The van der Waals surface area contributed by atoms with Crippen molar-refractivity contribution in [3.8, 4) is 11.1 Å². The second kappa shape index (κ2) is 16.0. The Morgan fingerprint density at radius 3 is 2.37 bits per heavy atom. The van der Waals surface area contributed by atoms with Gasteiger partial charge in [0.25, 0.3) is 0 Å². The summed E-state index contributed by atoms with van der Waals surface area (Å²) >= 11 is 1.92. The SMILES string of the molecule is C=Cc1cc2c(cc1/C=C\c1ccc(-c3ccccc3)cc1)SC1=Cc3ccc(N(C4=CCC(c5ccccc5)C=C4)C4C=CC=C5C(=C)/C=C\C=C/OC54)cc3CC12. The van der Waals surface area contributed by atoms with Crippen LogP contribution in [-0.4, -0.2) is 12.1 Å². The molecule has 0 saturated carbocycles. The number of rotatable bonds is 8. The van der Waals surface area contributed by atoms with Crippen molar-refractivity contribution in [2.75, 3.05) is 4.90 Å². The van der Waals surface area contributed by atoms with Gasteiger partial charge in [-0.15, -0.1) is 0 Å². The molecule has 0 N–H and O–H groups in total. The minimum atomic E-state index is -0.218. The fourth-order valence-corrected chi connectivity index (χ4v) is 10.3. The molecule has 4 unspecified atom stereocenters. The third-order valence-corrected chi connectivity index (χ3v) is 13.4. The number of anilines is 1. The van der Waals surface area contributed by atoms with Gasteiger partial charge in [0.15, 0.2) is 0 Å². The van der Waals surface area contributed by atoms with Crippen molar-refractivity contribution < 1.29 is 4.74 Å². The molecule has 0 spiro atoms. The van der Waals surface area contributed by atoms with E-state index in [1.807, 2.05) is 36.3 Å². The number of nitrogens with zero attached hydrogens (tertiary/aromatic N) is 1. The highest BCUT2D eigenvalue weighted by molar-refractivity contribution is 8.03. The summed E-state index contributed by atoms with van der Waals surface area (Å²) in [6.07, 6.45) is 32.0. The fourth-order valence-electron chi connectivity index (χ4n) is 9.03. The van der Waals surface area contributed by atoms with Crippen LogP contribution in [0.2, 0.25) is 0 Å². The second-order valence-electron chi connectivity index (χ2n) is 15.7. The topological polar surface area (TPSA) is 12.5 Å². The molecule has 4 atom stereocenters. The van der Waals surface area contributed by atoms with Crippen LogP contribution in [0.3, 0.4) is 0 Å². The smallest absolute Gasteiger partial charge is 0.148 e. The molecule has 2 nitrogen and oxygen atoms in total. The quantitative estimate of drug-likeness (QED) is 0.146. The molecule has 59 heavy (non-hydrogen) atoms. The van der Waals surface area contributed by atoms with Crippen LogP contribution in [0.5, 0.6) is 0 Å². The largest absolute Gasteiger partial charge is 0.491 e. The third kappa shape index (κ3) is 7.28. The van der Waals surface area contributed by atoms with Crippen molar-refractivity contribution in [3.05, 3.63) is 250 Å². The van der Waals surface area contributed by atoms with Gasteiger partial charge in [0, 0.05) is 33.7 Å². The number of hydrogen-bond acceptors (Lipinski definition) is 3. The highest BCUT2D eigenvalue weighted by Crippen LogP contribution is 2.54. The molecule has 0 bridgehead atoms. The Bertz CT molecular complexity index is 2700. The Kier molecular flexibility index (Phi) is 9.97. The van der Waals surface area contributed by atoms with Crippen molar-refractivity contribution >= 4 is 41.8 Å². The maximum atomic E-state index is 6.53. The third-order valence-electron chi connectivity index (χ3n) is 12.1. The van der Waals surface area contributed by atoms with Gasteiger partial charge < -0.3 is 9.64 Å². The predicted octanol–water partition coefficient (Wildman–Crippen LogP) is 14.3. The van der Waals surface area contributed by atoms with Crippen molar-refractivity contribution in [1.82, 2.24) is 0 Å². The lowest BCUT2D eigenvalue weighted by Crippen LogP contribution is -2.45. The fraction of sp³-hybridized carbons (Fsp3) is 0.107. The van der Waals surface area contributed by atoms with E-state index >= 15 is 0 Å². The van der Waals surface area contributed by atoms with E-state index in [2.05, 4.69) is 194 Å². The number of benzene rings is 5. The van der Waals surface area contributed by atoms with Crippen molar-refractivity contribution in [2.45, 2.75) is 41.7 Å². The normalized spacial score (nSPS) is 22.3. The summed E-state index contributed by atoms with van der Waals surface area (Å²) in [5, 5.41) is 0. The van der Waals surface area contributed by atoms with Crippen LogP contribution in [0.25, 0.3) is 35.4 Å². The Hall–Kier alpha value is -6.55. The number of allylic oxidation sites excluding steroid dienone is 9.